The summed E-state index contributed by atoms with van der Waals surface area (Å²) >= 11 is 6.43. The van der Waals surface area contributed by atoms with Gasteiger partial charge in [-0.3, -0.25) is 9.89 Å². The number of nitriles is 1. The van der Waals surface area contributed by atoms with Crippen LogP contribution in [-0.4, -0.2) is 25.1 Å². The lowest BCUT2D eigenvalue weighted by molar-refractivity contribution is 1.12. The van der Waals surface area contributed by atoms with Crippen LogP contribution in [0.25, 0.3) is 44.6 Å². The summed E-state index contributed by atoms with van der Waals surface area (Å²) in [5.74, 6) is 0. The summed E-state index contributed by atoms with van der Waals surface area (Å²) in [6, 6.07) is 16.0. The second-order valence-electron chi connectivity index (χ2n) is 6.46. The van der Waals surface area contributed by atoms with Crippen molar-refractivity contribution in [2.24, 2.45) is 0 Å². The topological polar surface area (TPSA) is 111 Å². The molecule has 5 rings (SSSR count). The number of nitrogens with zero attached hydrogens (tertiary/aromatic N) is 4. The van der Waals surface area contributed by atoms with Gasteiger partial charge in [0, 0.05) is 22.6 Å². The van der Waals surface area contributed by atoms with Crippen molar-refractivity contribution in [2.75, 3.05) is 0 Å². The molecule has 7 nitrogen and oxygen atoms in total. The van der Waals surface area contributed by atoms with E-state index in [1.54, 1.807) is 36.5 Å². The van der Waals surface area contributed by atoms with Crippen molar-refractivity contribution in [1.29, 1.82) is 5.26 Å². The van der Waals surface area contributed by atoms with Crippen LogP contribution in [0.1, 0.15) is 5.56 Å². The lowest BCUT2D eigenvalue weighted by Gasteiger charge is -2.11. The average molecular weight is 399 g/mol. The maximum atomic E-state index is 11.8. The molecule has 0 atom stereocenters. The molecule has 0 radical (unpaired) electrons. The monoisotopic (exact) mass is 398 g/mol. The fourth-order valence-electron chi connectivity index (χ4n) is 3.26. The predicted octanol–water partition coefficient (Wildman–Crippen LogP) is 4.05. The lowest BCUT2D eigenvalue weighted by atomic mass is 10.0. The van der Waals surface area contributed by atoms with E-state index >= 15 is 0 Å². The van der Waals surface area contributed by atoms with Crippen LogP contribution in [-0.2, 0) is 0 Å². The maximum absolute atomic E-state index is 11.8. The number of H-pyrrole nitrogens is 2. The molecule has 29 heavy (non-hydrogen) atoms. The van der Waals surface area contributed by atoms with Crippen LogP contribution in [0.4, 0.5) is 0 Å². The predicted molar refractivity (Wildman–Crippen MR) is 110 cm³/mol. The number of nitrogens with one attached hydrogen (secondary N) is 2. The van der Waals surface area contributed by atoms with Gasteiger partial charge in [-0.2, -0.15) is 10.4 Å². The van der Waals surface area contributed by atoms with Gasteiger partial charge < -0.3 is 4.98 Å². The van der Waals surface area contributed by atoms with Crippen molar-refractivity contribution < 1.29 is 0 Å². The molecule has 138 valence electrons. The van der Waals surface area contributed by atoms with Crippen LogP contribution >= 0.6 is 11.6 Å². The van der Waals surface area contributed by atoms with Crippen molar-refractivity contribution in [3.05, 3.63) is 75.7 Å². The normalized spacial score (nSPS) is 11.0. The van der Waals surface area contributed by atoms with Gasteiger partial charge in [0.1, 0.15) is 5.52 Å². The zero-order valence-corrected chi connectivity index (χ0v) is 15.5. The zero-order chi connectivity index (χ0) is 20.0. The van der Waals surface area contributed by atoms with Gasteiger partial charge in [0.2, 0.25) is 5.56 Å². The summed E-state index contributed by atoms with van der Waals surface area (Å²) in [6.45, 7) is 0. The van der Waals surface area contributed by atoms with Gasteiger partial charge in [0.05, 0.1) is 39.8 Å². The van der Waals surface area contributed by atoms with Gasteiger partial charge in [-0.1, -0.05) is 23.7 Å². The summed E-state index contributed by atoms with van der Waals surface area (Å²) in [7, 11) is 0. The number of rotatable bonds is 2. The number of benzene rings is 2. The molecule has 0 saturated carbocycles. The van der Waals surface area contributed by atoms with Gasteiger partial charge in [-0.15, -0.1) is 0 Å². The molecule has 3 heterocycles. The number of fused-ring (bicyclic) bond motifs is 2. The second kappa shape index (κ2) is 6.55. The summed E-state index contributed by atoms with van der Waals surface area (Å²) < 4.78 is 0. The average Bonchev–Trinajstić information content (AvgIpc) is 3.22. The fourth-order valence-corrected chi connectivity index (χ4v) is 3.53. The number of hydrogen-bond acceptors (Lipinski definition) is 5. The Kier molecular flexibility index (Phi) is 3.86. The van der Waals surface area contributed by atoms with E-state index < -0.39 is 0 Å². The number of pyridine rings is 1. The quantitative estimate of drug-likeness (QED) is 0.466. The molecule has 0 bridgehead atoms. The van der Waals surface area contributed by atoms with E-state index in [2.05, 4.69) is 26.2 Å². The minimum Gasteiger partial charge on any atom is -0.305 e. The van der Waals surface area contributed by atoms with Crippen LogP contribution in [0, 0.1) is 11.3 Å². The Labute approximate surface area is 168 Å². The van der Waals surface area contributed by atoms with E-state index in [1.807, 2.05) is 12.1 Å². The Hall–Kier alpha value is -4.02. The molecule has 2 N–H and O–H groups in total. The number of hydrogen-bond donors (Lipinski definition) is 2. The highest BCUT2D eigenvalue weighted by Crippen LogP contribution is 2.34. The van der Waals surface area contributed by atoms with E-state index in [0.29, 0.717) is 38.7 Å². The van der Waals surface area contributed by atoms with Gasteiger partial charge in [-0.05, 0) is 30.3 Å². The Morgan fingerprint density at radius 2 is 1.86 bits per heavy atom. The Morgan fingerprint density at radius 1 is 1.00 bits per heavy atom. The molecular weight excluding hydrogens is 388 g/mol. The Bertz CT molecular complexity index is 1510. The Morgan fingerprint density at radius 3 is 2.72 bits per heavy atom. The van der Waals surface area contributed by atoms with Crippen molar-refractivity contribution in [1.82, 2.24) is 25.1 Å². The molecule has 8 heteroatoms. The smallest absolute Gasteiger partial charge is 0.249 e. The molecular formula is C21H11ClN6O. The number of halogens is 1. The zero-order valence-electron chi connectivity index (χ0n) is 14.8. The molecule has 0 saturated heterocycles. The first-order valence-electron chi connectivity index (χ1n) is 8.67. The molecule has 0 spiro atoms. The minimum absolute atomic E-state index is 0.265. The second-order valence-corrected chi connectivity index (χ2v) is 6.87. The fraction of sp³-hybridized carbons (Fsp3) is 0. The van der Waals surface area contributed by atoms with Gasteiger partial charge >= 0.3 is 0 Å². The third kappa shape index (κ3) is 2.92. The highest BCUT2D eigenvalue weighted by molar-refractivity contribution is 6.35. The molecule has 0 fully saturated rings. The van der Waals surface area contributed by atoms with E-state index in [1.165, 1.54) is 6.07 Å². The SMILES string of the molecule is N#Cc1cccc(-c2nc3[nH]c(=O)ccc3nc2-c2cc(Cl)c3[nH]ncc3c2)c1. The third-order valence-corrected chi connectivity index (χ3v) is 4.89. The van der Waals surface area contributed by atoms with Crippen LogP contribution in [0.5, 0.6) is 0 Å². The lowest BCUT2D eigenvalue weighted by Crippen LogP contribution is -2.06. The van der Waals surface area contributed by atoms with Gasteiger partial charge in [0.15, 0.2) is 5.65 Å². The van der Waals surface area contributed by atoms with Crippen molar-refractivity contribution in [3.63, 3.8) is 0 Å². The summed E-state index contributed by atoms with van der Waals surface area (Å²) in [6.07, 6.45) is 1.69. The van der Waals surface area contributed by atoms with E-state index in [9.17, 15) is 10.1 Å². The van der Waals surface area contributed by atoms with Crippen molar-refractivity contribution in [2.45, 2.75) is 0 Å². The molecule has 5 aromatic rings. The first-order chi connectivity index (χ1) is 14.1. The van der Waals surface area contributed by atoms with E-state index in [-0.39, 0.29) is 5.56 Å². The summed E-state index contributed by atoms with van der Waals surface area (Å²) in [5, 5.41) is 17.5. The van der Waals surface area contributed by atoms with Crippen LogP contribution in [0.15, 0.2) is 59.5 Å². The van der Waals surface area contributed by atoms with Crippen molar-refractivity contribution in [3.8, 4) is 28.6 Å². The molecule has 0 aliphatic rings. The standard InChI is InChI=1S/C21H11ClN6O/c22-15-8-13(7-14-10-24-28-18(14)15)20-19(12-3-1-2-11(6-12)9-23)27-21-16(25-20)4-5-17(29)26-21/h1-8,10H,(H,24,28)(H,26,27,29). The largest absolute Gasteiger partial charge is 0.305 e. The molecule has 0 aliphatic heterocycles. The highest BCUT2D eigenvalue weighted by Gasteiger charge is 2.16. The van der Waals surface area contributed by atoms with Crippen LogP contribution in [0.2, 0.25) is 5.02 Å². The van der Waals surface area contributed by atoms with Gasteiger partial charge in [0.25, 0.3) is 0 Å². The highest BCUT2D eigenvalue weighted by atomic mass is 35.5. The summed E-state index contributed by atoms with van der Waals surface area (Å²) in [5.41, 5.74) is 4.47. The van der Waals surface area contributed by atoms with E-state index in [0.717, 1.165) is 16.5 Å². The van der Waals surface area contributed by atoms with Crippen molar-refractivity contribution >= 4 is 33.7 Å². The third-order valence-electron chi connectivity index (χ3n) is 4.60. The first kappa shape index (κ1) is 17.1. The van der Waals surface area contributed by atoms with Crippen LogP contribution < -0.4 is 5.56 Å². The molecule has 0 amide bonds. The Balaban J connectivity index is 1.85. The molecule has 0 unspecified atom stereocenters. The molecule has 0 aliphatic carbocycles. The first-order valence-corrected chi connectivity index (χ1v) is 9.05. The summed E-state index contributed by atoms with van der Waals surface area (Å²) in [4.78, 5) is 23.9. The van der Waals surface area contributed by atoms with Crippen LogP contribution in [0.3, 0.4) is 0 Å². The number of aromatic amines is 2. The van der Waals surface area contributed by atoms with Gasteiger partial charge in [-0.25, -0.2) is 9.97 Å². The van der Waals surface area contributed by atoms with E-state index in [4.69, 9.17) is 16.6 Å². The number of aromatic nitrogens is 5. The molecule has 3 aromatic heterocycles. The minimum atomic E-state index is -0.265. The molecule has 2 aromatic carbocycles. The maximum Gasteiger partial charge on any atom is 0.249 e.